The fourth-order valence-electron chi connectivity index (χ4n) is 2.93. The van der Waals surface area contributed by atoms with Gasteiger partial charge in [0, 0.05) is 17.8 Å². The van der Waals surface area contributed by atoms with Crippen LogP contribution in [0.25, 0.3) is 10.2 Å². The minimum Gasteiger partial charge on any atom is -0.326 e. The second-order valence-electron chi connectivity index (χ2n) is 6.49. The number of thiophene rings is 1. The summed E-state index contributed by atoms with van der Waals surface area (Å²) in [4.78, 5) is 29.7. The molecule has 0 saturated carbocycles. The minimum absolute atomic E-state index is 0.0483. The number of amides is 2. The fourth-order valence-corrected chi connectivity index (χ4v) is 4.55. The number of anilines is 2. The quantitative estimate of drug-likeness (QED) is 0.410. The van der Waals surface area contributed by atoms with Gasteiger partial charge in [0.15, 0.2) is 0 Å². The largest absolute Gasteiger partial charge is 0.326 e. The molecule has 2 aromatic carbocycles. The molecule has 0 radical (unpaired) electrons. The molecule has 0 unspecified atom stereocenters. The molecule has 5 nitrogen and oxygen atoms in total. The van der Waals surface area contributed by atoms with Gasteiger partial charge in [0.1, 0.15) is 0 Å². The minimum atomic E-state index is -0.153. The lowest BCUT2D eigenvalue weighted by Gasteiger charge is -2.08. The van der Waals surface area contributed by atoms with E-state index >= 15 is 0 Å². The molecule has 0 fully saturated rings. The van der Waals surface area contributed by atoms with Crippen LogP contribution >= 0.6 is 22.7 Å². The highest BCUT2D eigenvalue weighted by Crippen LogP contribution is 2.23. The van der Waals surface area contributed by atoms with Gasteiger partial charge in [-0.05, 0) is 54.6 Å². The molecular weight excluding hydrogens is 402 g/mol. The van der Waals surface area contributed by atoms with Gasteiger partial charge in [-0.15, -0.1) is 22.7 Å². The molecule has 0 aliphatic carbocycles. The highest BCUT2D eigenvalue weighted by Gasteiger charge is 2.09. The van der Waals surface area contributed by atoms with Crippen molar-refractivity contribution in [3.8, 4) is 0 Å². The Bertz CT molecular complexity index is 1100. The molecular formula is C22H19N3O2S2. The van der Waals surface area contributed by atoms with Crippen LogP contribution < -0.4 is 10.6 Å². The van der Waals surface area contributed by atoms with E-state index in [9.17, 15) is 9.59 Å². The number of para-hydroxylation sites is 1. The van der Waals surface area contributed by atoms with Gasteiger partial charge in [-0.3, -0.25) is 9.59 Å². The number of thiazole rings is 1. The van der Waals surface area contributed by atoms with Crippen molar-refractivity contribution in [3.05, 3.63) is 75.9 Å². The van der Waals surface area contributed by atoms with Gasteiger partial charge >= 0.3 is 0 Å². The Kier molecular flexibility index (Phi) is 5.97. The monoisotopic (exact) mass is 421 g/mol. The standard InChI is InChI=1S/C22H19N3O2S2/c26-20(11-4-12-21-25-17-8-1-2-9-18(17)29-21)23-15-6-3-7-16(14-15)24-22(27)19-10-5-13-28-19/h1-3,5-10,13-14H,4,11-12H2,(H,23,26)(H,24,27). The third-order valence-electron chi connectivity index (χ3n) is 4.28. The van der Waals surface area contributed by atoms with Crippen LogP contribution in [0.4, 0.5) is 11.4 Å². The first-order chi connectivity index (χ1) is 14.2. The Morgan fingerprint density at radius 3 is 2.55 bits per heavy atom. The maximum atomic E-state index is 12.3. The van der Waals surface area contributed by atoms with Crippen LogP contribution in [0.5, 0.6) is 0 Å². The van der Waals surface area contributed by atoms with Crippen LogP contribution in [0.15, 0.2) is 66.0 Å². The summed E-state index contributed by atoms with van der Waals surface area (Å²) in [5.74, 6) is -0.202. The summed E-state index contributed by atoms with van der Waals surface area (Å²) in [6.45, 7) is 0. The van der Waals surface area contributed by atoms with Crippen LogP contribution in [-0.4, -0.2) is 16.8 Å². The normalized spacial score (nSPS) is 10.8. The van der Waals surface area contributed by atoms with E-state index in [2.05, 4.69) is 21.7 Å². The summed E-state index contributed by atoms with van der Waals surface area (Å²) in [6.07, 6.45) is 1.94. The molecule has 29 heavy (non-hydrogen) atoms. The molecule has 0 aliphatic heterocycles. The number of fused-ring (bicyclic) bond motifs is 1. The molecule has 2 heterocycles. The summed E-state index contributed by atoms with van der Waals surface area (Å²) in [7, 11) is 0. The van der Waals surface area contributed by atoms with E-state index in [0.29, 0.717) is 22.7 Å². The summed E-state index contributed by atoms with van der Waals surface area (Å²) < 4.78 is 1.17. The molecule has 2 N–H and O–H groups in total. The molecule has 4 rings (SSSR count). The second kappa shape index (κ2) is 8.98. The molecule has 2 aromatic heterocycles. The third-order valence-corrected chi connectivity index (χ3v) is 6.25. The van der Waals surface area contributed by atoms with Crippen LogP contribution in [-0.2, 0) is 11.2 Å². The number of carbonyl (C=O) groups is 2. The third kappa shape index (κ3) is 5.07. The zero-order chi connectivity index (χ0) is 20.1. The number of benzene rings is 2. The maximum Gasteiger partial charge on any atom is 0.265 e. The van der Waals surface area contributed by atoms with Gasteiger partial charge < -0.3 is 10.6 Å². The fraction of sp³-hybridized carbons (Fsp3) is 0.136. The number of nitrogens with zero attached hydrogens (tertiary/aromatic N) is 1. The van der Waals surface area contributed by atoms with Gasteiger partial charge in [0.25, 0.3) is 5.91 Å². The Labute approximate surface area is 176 Å². The molecule has 0 spiro atoms. The Morgan fingerprint density at radius 2 is 1.76 bits per heavy atom. The molecule has 0 saturated heterocycles. The van der Waals surface area contributed by atoms with E-state index in [1.165, 1.54) is 16.0 Å². The van der Waals surface area contributed by atoms with Gasteiger partial charge in [-0.2, -0.15) is 0 Å². The molecule has 4 aromatic rings. The highest BCUT2D eigenvalue weighted by atomic mass is 32.1. The van der Waals surface area contributed by atoms with Crippen molar-refractivity contribution in [3.63, 3.8) is 0 Å². The highest BCUT2D eigenvalue weighted by molar-refractivity contribution is 7.18. The average molecular weight is 422 g/mol. The Morgan fingerprint density at radius 1 is 0.931 bits per heavy atom. The number of rotatable bonds is 7. The van der Waals surface area contributed by atoms with Crippen molar-refractivity contribution in [2.75, 3.05) is 10.6 Å². The predicted octanol–water partition coefficient (Wildman–Crippen LogP) is 5.57. The number of aryl methyl sites for hydroxylation is 1. The van der Waals surface area contributed by atoms with Crippen LogP contribution in [0.2, 0.25) is 0 Å². The van der Waals surface area contributed by atoms with Crippen LogP contribution in [0.3, 0.4) is 0 Å². The molecule has 0 atom stereocenters. The van der Waals surface area contributed by atoms with Crippen molar-refractivity contribution >= 4 is 56.1 Å². The smallest absolute Gasteiger partial charge is 0.265 e. The first-order valence-corrected chi connectivity index (χ1v) is 11.0. The average Bonchev–Trinajstić information content (AvgIpc) is 3.38. The second-order valence-corrected chi connectivity index (χ2v) is 8.55. The van der Waals surface area contributed by atoms with Crippen molar-refractivity contribution in [2.24, 2.45) is 0 Å². The van der Waals surface area contributed by atoms with Crippen molar-refractivity contribution < 1.29 is 9.59 Å². The SMILES string of the molecule is O=C(CCCc1nc2ccccc2s1)Nc1cccc(NC(=O)c2cccs2)c1. The van der Waals surface area contributed by atoms with Gasteiger partial charge in [-0.25, -0.2) is 4.98 Å². The topological polar surface area (TPSA) is 71.1 Å². The Hall–Kier alpha value is -3.03. The van der Waals surface area contributed by atoms with Gasteiger partial charge in [0.05, 0.1) is 20.1 Å². The van der Waals surface area contributed by atoms with E-state index in [4.69, 9.17) is 0 Å². The molecule has 146 valence electrons. The summed E-state index contributed by atoms with van der Waals surface area (Å²) in [5.41, 5.74) is 2.33. The Balaban J connectivity index is 1.28. The first kappa shape index (κ1) is 19.3. The molecule has 7 heteroatoms. The predicted molar refractivity (Wildman–Crippen MR) is 120 cm³/mol. The lowest BCUT2D eigenvalue weighted by molar-refractivity contribution is -0.116. The lowest BCUT2D eigenvalue weighted by atomic mass is 10.2. The van der Waals surface area contributed by atoms with E-state index in [-0.39, 0.29) is 11.8 Å². The number of nitrogens with one attached hydrogen (secondary N) is 2. The maximum absolute atomic E-state index is 12.3. The summed E-state index contributed by atoms with van der Waals surface area (Å²) in [6, 6.07) is 18.9. The summed E-state index contributed by atoms with van der Waals surface area (Å²) in [5, 5.41) is 8.66. The first-order valence-electron chi connectivity index (χ1n) is 9.26. The number of hydrogen-bond acceptors (Lipinski definition) is 5. The zero-order valence-corrected chi connectivity index (χ0v) is 17.2. The number of hydrogen-bond donors (Lipinski definition) is 2. The summed E-state index contributed by atoms with van der Waals surface area (Å²) >= 11 is 3.06. The lowest BCUT2D eigenvalue weighted by Crippen LogP contribution is -2.13. The van der Waals surface area contributed by atoms with E-state index in [1.54, 1.807) is 35.6 Å². The van der Waals surface area contributed by atoms with E-state index in [0.717, 1.165) is 23.4 Å². The zero-order valence-electron chi connectivity index (χ0n) is 15.6. The van der Waals surface area contributed by atoms with Crippen molar-refractivity contribution in [1.29, 1.82) is 0 Å². The number of carbonyl (C=O) groups excluding carboxylic acids is 2. The van der Waals surface area contributed by atoms with Gasteiger partial charge in [0.2, 0.25) is 5.91 Å². The molecule has 0 aliphatic rings. The van der Waals surface area contributed by atoms with E-state index in [1.807, 2.05) is 35.7 Å². The van der Waals surface area contributed by atoms with Crippen molar-refractivity contribution in [1.82, 2.24) is 4.98 Å². The molecule has 2 amide bonds. The number of aromatic nitrogens is 1. The van der Waals surface area contributed by atoms with Gasteiger partial charge in [-0.1, -0.05) is 24.3 Å². The van der Waals surface area contributed by atoms with Crippen LogP contribution in [0.1, 0.15) is 27.5 Å². The molecule has 0 bridgehead atoms. The van der Waals surface area contributed by atoms with E-state index < -0.39 is 0 Å². The van der Waals surface area contributed by atoms with Crippen LogP contribution in [0, 0.1) is 0 Å². The van der Waals surface area contributed by atoms with Crippen molar-refractivity contribution in [2.45, 2.75) is 19.3 Å².